The molecule has 0 saturated carbocycles. The maximum Gasteiger partial charge on any atom is 0.333 e. The molecule has 0 aromatic carbocycles. The smallest absolute Gasteiger partial charge is 0.313 e. The number of carbonyl (C=O) groups excluding carboxylic acids is 1. The third-order valence-electron chi connectivity index (χ3n) is 2.56. The Balaban J connectivity index is 2.70. The second-order valence-electron chi connectivity index (χ2n) is 3.76. The molecule has 0 bridgehead atoms. The van der Waals surface area contributed by atoms with Crippen molar-refractivity contribution < 1.29 is 4.79 Å². The van der Waals surface area contributed by atoms with Crippen molar-refractivity contribution in [2.75, 3.05) is 0 Å². The van der Waals surface area contributed by atoms with Crippen LogP contribution in [0.1, 0.15) is 24.2 Å². The Hall–Kier alpha value is -2.44. The van der Waals surface area contributed by atoms with Crippen molar-refractivity contribution in [2.45, 2.75) is 20.4 Å². The fourth-order valence-corrected chi connectivity index (χ4v) is 1.60. The Morgan fingerprint density at radius 2 is 2.17 bits per heavy atom. The number of rotatable bonds is 3. The summed E-state index contributed by atoms with van der Waals surface area (Å²) in [6.07, 6.45) is 4.11. The molecule has 7 heteroatoms. The van der Waals surface area contributed by atoms with Gasteiger partial charge in [0.15, 0.2) is 5.78 Å². The highest BCUT2D eigenvalue weighted by Gasteiger charge is 2.13. The fraction of sp³-hybridized carbons (Fsp3) is 0.273. The van der Waals surface area contributed by atoms with E-state index in [2.05, 4.69) is 10.1 Å². The van der Waals surface area contributed by atoms with Gasteiger partial charge in [-0.1, -0.05) is 0 Å². The van der Waals surface area contributed by atoms with E-state index in [4.69, 9.17) is 0 Å². The molecule has 7 nitrogen and oxygen atoms in total. The molecule has 0 unspecified atom stereocenters. The molecule has 18 heavy (non-hydrogen) atoms. The van der Waals surface area contributed by atoms with Crippen molar-refractivity contribution in [3.05, 3.63) is 45.0 Å². The maximum atomic E-state index is 12.0. The minimum atomic E-state index is -0.637. The summed E-state index contributed by atoms with van der Waals surface area (Å²) in [5.41, 5.74) is -0.951. The van der Waals surface area contributed by atoms with Gasteiger partial charge in [0.05, 0.1) is 17.4 Å². The SMILES string of the molecule is CCn1cc(-n2c(=O)[nH]cc(C(C)=O)c2=O)cn1. The van der Waals surface area contributed by atoms with Gasteiger partial charge in [0.2, 0.25) is 0 Å². The van der Waals surface area contributed by atoms with E-state index >= 15 is 0 Å². The van der Waals surface area contributed by atoms with Gasteiger partial charge in [-0.05, 0) is 13.8 Å². The summed E-state index contributed by atoms with van der Waals surface area (Å²) in [4.78, 5) is 37.3. The molecule has 2 aromatic heterocycles. The third kappa shape index (κ3) is 1.90. The first-order chi connectivity index (χ1) is 8.54. The first kappa shape index (κ1) is 12.0. The van der Waals surface area contributed by atoms with Crippen molar-refractivity contribution in [3.63, 3.8) is 0 Å². The van der Waals surface area contributed by atoms with Gasteiger partial charge < -0.3 is 4.98 Å². The summed E-state index contributed by atoms with van der Waals surface area (Å²) in [5, 5.41) is 3.99. The van der Waals surface area contributed by atoms with Crippen molar-refractivity contribution in [1.29, 1.82) is 0 Å². The van der Waals surface area contributed by atoms with Crippen LogP contribution in [0.2, 0.25) is 0 Å². The molecule has 0 amide bonds. The third-order valence-corrected chi connectivity index (χ3v) is 2.56. The van der Waals surface area contributed by atoms with E-state index in [9.17, 15) is 14.4 Å². The first-order valence-electron chi connectivity index (χ1n) is 5.43. The molecule has 2 rings (SSSR count). The predicted molar refractivity (Wildman–Crippen MR) is 64.1 cm³/mol. The lowest BCUT2D eigenvalue weighted by atomic mass is 10.2. The number of carbonyl (C=O) groups is 1. The van der Waals surface area contributed by atoms with E-state index in [1.807, 2.05) is 6.92 Å². The van der Waals surface area contributed by atoms with Gasteiger partial charge in [-0.3, -0.25) is 14.3 Å². The average molecular weight is 248 g/mol. The predicted octanol–water partition coefficient (Wildman–Crippen LogP) is -0.0552. The van der Waals surface area contributed by atoms with Gasteiger partial charge in [-0.2, -0.15) is 5.10 Å². The van der Waals surface area contributed by atoms with Crippen LogP contribution in [-0.4, -0.2) is 25.1 Å². The number of hydrogen-bond acceptors (Lipinski definition) is 4. The lowest BCUT2D eigenvalue weighted by molar-refractivity contribution is 0.101. The number of aromatic amines is 1. The van der Waals surface area contributed by atoms with Gasteiger partial charge in [-0.25, -0.2) is 9.36 Å². The Morgan fingerprint density at radius 1 is 1.44 bits per heavy atom. The Bertz CT molecular complexity index is 708. The molecular weight excluding hydrogens is 236 g/mol. The lowest BCUT2D eigenvalue weighted by Crippen LogP contribution is -2.36. The van der Waals surface area contributed by atoms with Crippen molar-refractivity contribution >= 4 is 5.78 Å². The molecule has 0 aliphatic carbocycles. The van der Waals surface area contributed by atoms with E-state index in [0.717, 1.165) is 10.8 Å². The highest BCUT2D eigenvalue weighted by atomic mass is 16.2. The molecule has 1 N–H and O–H groups in total. The van der Waals surface area contributed by atoms with E-state index in [0.29, 0.717) is 12.2 Å². The topological polar surface area (TPSA) is 89.8 Å². The van der Waals surface area contributed by atoms with Crippen molar-refractivity contribution in [1.82, 2.24) is 19.3 Å². The van der Waals surface area contributed by atoms with Crippen molar-refractivity contribution in [2.24, 2.45) is 0 Å². The summed E-state index contributed by atoms with van der Waals surface area (Å²) in [7, 11) is 0. The van der Waals surface area contributed by atoms with E-state index < -0.39 is 17.0 Å². The van der Waals surface area contributed by atoms with Gasteiger partial charge in [0.25, 0.3) is 5.56 Å². The largest absolute Gasteiger partial charge is 0.333 e. The van der Waals surface area contributed by atoms with Crippen LogP contribution in [-0.2, 0) is 6.54 Å². The number of hydrogen-bond donors (Lipinski definition) is 1. The summed E-state index contributed by atoms with van der Waals surface area (Å²) in [6, 6.07) is 0. The number of ketones is 1. The van der Waals surface area contributed by atoms with E-state index in [-0.39, 0.29) is 5.56 Å². The monoisotopic (exact) mass is 248 g/mol. The van der Waals surface area contributed by atoms with Gasteiger partial charge >= 0.3 is 5.69 Å². The molecule has 2 heterocycles. The van der Waals surface area contributed by atoms with Crippen LogP contribution in [0.25, 0.3) is 5.69 Å². The molecule has 0 saturated heterocycles. The van der Waals surface area contributed by atoms with Crippen LogP contribution in [0.15, 0.2) is 28.2 Å². The normalized spacial score (nSPS) is 10.6. The van der Waals surface area contributed by atoms with Gasteiger partial charge in [-0.15, -0.1) is 0 Å². The average Bonchev–Trinajstić information content (AvgIpc) is 2.77. The first-order valence-corrected chi connectivity index (χ1v) is 5.43. The zero-order valence-electron chi connectivity index (χ0n) is 10.0. The second kappa shape index (κ2) is 4.44. The quantitative estimate of drug-likeness (QED) is 0.771. The van der Waals surface area contributed by atoms with E-state index in [1.165, 1.54) is 13.1 Å². The zero-order chi connectivity index (χ0) is 13.3. The lowest BCUT2D eigenvalue weighted by Gasteiger charge is -2.02. The summed E-state index contributed by atoms with van der Waals surface area (Å²) in [5.74, 6) is -0.395. The van der Waals surface area contributed by atoms with Gasteiger partial charge in [0.1, 0.15) is 0 Å². The van der Waals surface area contributed by atoms with Crippen LogP contribution in [0.5, 0.6) is 0 Å². The molecule has 0 atom stereocenters. The molecule has 0 fully saturated rings. The van der Waals surface area contributed by atoms with Crippen molar-refractivity contribution in [3.8, 4) is 5.69 Å². The Labute approximate surface area is 102 Å². The van der Waals surface area contributed by atoms with Crippen LogP contribution >= 0.6 is 0 Å². The Morgan fingerprint density at radius 3 is 2.72 bits per heavy atom. The highest BCUT2D eigenvalue weighted by Crippen LogP contribution is 2.00. The molecular formula is C11H12N4O3. The summed E-state index contributed by atoms with van der Waals surface area (Å²) in [6.45, 7) is 3.78. The zero-order valence-corrected chi connectivity index (χ0v) is 10.0. The number of aromatic nitrogens is 4. The van der Waals surface area contributed by atoms with Crippen LogP contribution in [0.3, 0.4) is 0 Å². The molecule has 2 aromatic rings. The number of nitrogens with one attached hydrogen (secondary N) is 1. The molecule has 0 spiro atoms. The van der Waals surface area contributed by atoms with Crippen LogP contribution in [0.4, 0.5) is 0 Å². The molecule has 0 radical (unpaired) electrons. The molecule has 94 valence electrons. The van der Waals surface area contributed by atoms with Gasteiger partial charge in [0, 0.05) is 18.9 Å². The number of nitrogens with zero attached hydrogens (tertiary/aromatic N) is 3. The minimum absolute atomic E-state index is 0.0566. The van der Waals surface area contributed by atoms with Crippen LogP contribution in [0, 0.1) is 0 Å². The number of H-pyrrole nitrogens is 1. The fourth-order valence-electron chi connectivity index (χ4n) is 1.60. The van der Waals surface area contributed by atoms with E-state index in [1.54, 1.807) is 10.9 Å². The van der Waals surface area contributed by atoms with Crippen LogP contribution < -0.4 is 11.2 Å². The number of aryl methyl sites for hydroxylation is 1. The maximum absolute atomic E-state index is 12.0. The summed E-state index contributed by atoms with van der Waals surface area (Å²) >= 11 is 0. The Kier molecular flexibility index (Phi) is 2.97. The highest BCUT2D eigenvalue weighted by molar-refractivity contribution is 5.93. The second-order valence-corrected chi connectivity index (χ2v) is 3.76. The minimum Gasteiger partial charge on any atom is -0.313 e. The molecule has 0 aliphatic heterocycles. The summed E-state index contributed by atoms with van der Waals surface area (Å²) < 4.78 is 2.48. The standard InChI is InChI=1S/C11H12N4O3/c1-3-14-6-8(4-13-14)15-10(17)9(7(2)16)5-12-11(15)18/h4-6H,3H2,1-2H3,(H,12,18). The number of Topliss-reactive ketones (excluding diaryl/α,β-unsaturated/α-hetero) is 1. The molecule has 0 aliphatic rings.